The molecular formula is C25H23O13P. The number of benzene rings is 3. The Morgan fingerprint density at radius 2 is 1.54 bits per heavy atom. The second-order valence-electron chi connectivity index (χ2n) is 8.80. The first-order chi connectivity index (χ1) is 18.4. The second-order valence-corrected chi connectivity index (χ2v) is 10.0. The first kappa shape index (κ1) is 26.6. The van der Waals surface area contributed by atoms with Crippen molar-refractivity contribution in [3.8, 4) is 40.2 Å². The highest BCUT2D eigenvalue weighted by atomic mass is 31.2. The Bertz CT molecular complexity index is 1480. The van der Waals surface area contributed by atoms with Crippen LogP contribution >= 0.6 is 7.82 Å². The van der Waals surface area contributed by atoms with E-state index in [1.807, 2.05) is 0 Å². The lowest BCUT2D eigenvalue weighted by atomic mass is 9.92. The minimum atomic E-state index is -4.84. The number of phenols is 3. The van der Waals surface area contributed by atoms with E-state index in [9.17, 15) is 39.6 Å². The van der Waals surface area contributed by atoms with Gasteiger partial charge in [-0.3, -0.25) is 9.32 Å². The second kappa shape index (κ2) is 9.95. The molecule has 2 aliphatic rings. The maximum atomic E-state index is 12.8. The Morgan fingerprint density at radius 3 is 2.26 bits per heavy atom. The number of carbonyl (C=O) groups is 1. The molecule has 0 unspecified atom stereocenters. The molecular weight excluding hydrogens is 539 g/mol. The topological polar surface area (TPSA) is 202 Å². The molecule has 0 amide bonds. The minimum absolute atomic E-state index is 0.118. The number of methoxy groups -OCH3 is 1. The van der Waals surface area contributed by atoms with Crippen LogP contribution in [-0.2, 0) is 9.09 Å². The predicted octanol–water partition coefficient (Wildman–Crippen LogP) is 2.48. The summed E-state index contributed by atoms with van der Waals surface area (Å²) in [6, 6.07) is 10.8. The van der Waals surface area contributed by atoms with Crippen LogP contribution in [0.5, 0.6) is 40.2 Å². The molecule has 14 heteroatoms. The Morgan fingerprint density at radius 1 is 0.846 bits per heavy atom. The van der Waals surface area contributed by atoms with Crippen molar-refractivity contribution in [3.63, 3.8) is 0 Å². The van der Waals surface area contributed by atoms with Gasteiger partial charge in [-0.25, -0.2) is 4.57 Å². The van der Waals surface area contributed by atoms with Crippen LogP contribution in [0.15, 0.2) is 48.5 Å². The average molecular weight is 562 g/mol. The number of fused-ring (bicyclic) bond motifs is 2. The zero-order valence-electron chi connectivity index (χ0n) is 20.1. The van der Waals surface area contributed by atoms with Gasteiger partial charge in [0.15, 0.2) is 47.4 Å². The summed E-state index contributed by atoms with van der Waals surface area (Å²) in [6.07, 6.45) is -4.97. The number of phenolic OH excluding ortho intramolecular Hbond substituents is 3. The van der Waals surface area contributed by atoms with Crippen molar-refractivity contribution in [1.82, 2.24) is 0 Å². The zero-order valence-corrected chi connectivity index (χ0v) is 21.0. The van der Waals surface area contributed by atoms with Gasteiger partial charge in [0.25, 0.3) is 0 Å². The number of ether oxygens (including phenoxy) is 4. The quantitative estimate of drug-likeness (QED) is 0.240. The third-order valence-electron chi connectivity index (χ3n) is 6.23. The summed E-state index contributed by atoms with van der Waals surface area (Å²) >= 11 is 0. The normalized spacial score (nSPS) is 22.1. The molecule has 5 rings (SSSR count). The van der Waals surface area contributed by atoms with Crippen LogP contribution in [0.25, 0.3) is 0 Å². The van der Waals surface area contributed by atoms with Crippen LogP contribution < -0.4 is 18.9 Å². The van der Waals surface area contributed by atoms with Crippen LogP contribution in [0.3, 0.4) is 0 Å². The molecule has 3 aromatic rings. The summed E-state index contributed by atoms with van der Waals surface area (Å²) in [5.41, 5.74) is 0.450. The van der Waals surface area contributed by atoms with Gasteiger partial charge in [0.2, 0.25) is 5.78 Å². The number of phosphoric ester groups is 1. The Hall–Kier alpha value is -4.00. The maximum absolute atomic E-state index is 12.8. The first-order valence-corrected chi connectivity index (χ1v) is 13.0. The Kier molecular flexibility index (Phi) is 6.79. The van der Waals surface area contributed by atoms with E-state index in [-0.39, 0.29) is 40.1 Å². The smallest absolute Gasteiger partial charge is 0.469 e. The lowest BCUT2D eigenvalue weighted by Crippen LogP contribution is -2.38. The fourth-order valence-corrected chi connectivity index (χ4v) is 4.78. The minimum Gasteiger partial charge on any atom is -0.508 e. The molecule has 4 atom stereocenters. The van der Waals surface area contributed by atoms with Crippen molar-refractivity contribution < 1.29 is 63.0 Å². The van der Waals surface area contributed by atoms with E-state index in [1.165, 1.54) is 43.5 Å². The van der Waals surface area contributed by atoms with Gasteiger partial charge in [-0.15, -0.1) is 0 Å². The van der Waals surface area contributed by atoms with Crippen molar-refractivity contribution in [2.45, 2.75) is 24.4 Å². The van der Waals surface area contributed by atoms with Gasteiger partial charge in [-0.2, -0.15) is 0 Å². The third-order valence-corrected chi connectivity index (χ3v) is 6.71. The fourth-order valence-electron chi connectivity index (χ4n) is 4.44. The lowest BCUT2D eigenvalue weighted by Gasteiger charge is -2.35. The van der Waals surface area contributed by atoms with Gasteiger partial charge in [-0.05, 0) is 29.8 Å². The number of rotatable bonds is 6. The predicted molar refractivity (Wildman–Crippen MR) is 130 cm³/mol. The van der Waals surface area contributed by atoms with E-state index < -0.39 is 50.4 Å². The Balaban J connectivity index is 1.50. The monoisotopic (exact) mass is 562 g/mol. The van der Waals surface area contributed by atoms with Crippen molar-refractivity contribution in [3.05, 3.63) is 65.2 Å². The molecule has 0 fully saturated rings. The zero-order chi connectivity index (χ0) is 28.1. The van der Waals surface area contributed by atoms with Gasteiger partial charge in [0.1, 0.15) is 22.8 Å². The lowest BCUT2D eigenvalue weighted by molar-refractivity contribution is -0.0129. The maximum Gasteiger partial charge on any atom is 0.469 e. The summed E-state index contributed by atoms with van der Waals surface area (Å²) in [5, 5.41) is 40.5. The average Bonchev–Trinajstić information content (AvgIpc) is 2.88. The van der Waals surface area contributed by atoms with Gasteiger partial charge in [-0.1, -0.05) is 12.1 Å². The van der Waals surface area contributed by atoms with Crippen LogP contribution in [0.1, 0.15) is 33.7 Å². The summed E-state index contributed by atoms with van der Waals surface area (Å²) in [6.45, 7) is -0.554. The highest BCUT2D eigenvalue weighted by molar-refractivity contribution is 7.46. The molecule has 2 heterocycles. The number of aromatic hydroxyl groups is 3. The SMILES string of the molecule is COc1cc([C@H]2Oc3cc([C@H]4Oc5cc(O)cc(O)c5C(=O)[C@@H]4O)ccc3O[C@@H]2COP(=O)(O)O)ccc1O. The molecule has 39 heavy (non-hydrogen) atoms. The van der Waals surface area contributed by atoms with E-state index in [0.717, 1.165) is 12.1 Å². The van der Waals surface area contributed by atoms with E-state index in [1.54, 1.807) is 0 Å². The largest absolute Gasteiger partial charge is 0.508 e. The van der Waals surface area contributed by atoms with Crippen LogP contribution in [0, 0.1) is 0 Å². The first-order valence-electron chi connectivity index (χ1n) is 11.4. The van der Waals surface area contributed by atoms with Crippen LogP contribution in [0.4, 0.5) is 0 Å². The molecule has 0 bridgehead atoms. The van der Waals surface area contributed by atoms with Crippen LogP contribution in [0.2, 0.25) is 0 Å². The Labute approximate surface area is 220 Å². The van der Waals surface area contributed by atoms with Gasteiger partial charge < -0.3 is 49.2 Å². The molecule has 206 valence electrons. The van der Waals surface area contributed by atoms with Crippen molar-refractivity contribution in [1.29, 1.82) is 0 Å². The van der Waals surface area contributed by atoms with E-state index in [0.29, 0.717) is 11.1 Å². The molecule has 0 radical (unpaired) electrons. The number of carbonyl (C=O) groups excluding carboxylic acids is 1. The van der Waals surface area contributed by atoms with E-state index >= 15 is 0 Å². The number of aliphatic hydroxyl groups excluding tert-OH is 1. The molecule has 0 saturated heterocycles. The number of aliphatic hydroxyl groups is 1. The molecule has 0 saturated carbocycles. The molecule has 6 N–H and O–H groups in total. The van der Waals surface area contributed by atoms with E-state index in [2.05, 4.69) is 4.52 Å². The highest BCUT2D eigenvalue weighted by Crippen LogP contribution is 2.47. The number of ketones is 1. The number of Topliss-reactive ketones (excluding diaryl/α,β-unsaturated/α-hetero) is 1. The van der Waals surface area contributed by atoms with E-state index in [4.69, 9.17) is 18.9 Å². The standard InChI is InChI=1S/C25H23O13P/c1-34-17-6-11(2-4-14(17)27)24-20(10-35-39(31,32)33)36-16-5-3-12(7-18(16)37-24)25-23(30)22(29)21-15(28)8-13(26)9-19(21)38-25/h2-9,20,23-28,30H,10H2,1H3,(H2,31,32,33)/t20-,23+,24-,25-/m1/s1. The molecule has 0 aromatic heterocycles. The summed E-state index contributed by atoms with van der Waals surface area (Å²) in [4.78, 5) is 31.2. The third kappa shape index (κ3) is 5.18. The van der Waals surface area contributed by atoms with Gasteiger partial charge >= 0.3 is 7.82 Å². The van der Waals surface area contributed by atoms with Crippen molar-refractivity contribution >= 4 is 13.6 Å². The molecule has 0 aliphatic carbocycles. The molecule has 0 spiro atoms. The molecule has 2 aliphatic heterocycles. The molecule has 3 aromatic carbocycles. The molecule has 13 nitrogen and oxygen atoms in total. The van der Waals surface area contributed by atoms with Gasteiger partial charge in [0.05, 0.1) is 13.7 Å². The summed E-state index contributed by atoms with van der Waals surface area (Å²) < 4.78 is 39.0. The number of phosphoric acid groups is 1. The van der Waals surface area contributed by atoms with Crippen LogP contribution in [-0.4, -0.2) is 61.9 Å². The fraction of sp³-hybridized carbons (Fsp3) is 0.240. The number of hydrogen-bond donors (Lipinski definition) is 6. The van der Waals surface area contributed by atoms with Gasteiger partial charge in [0, 0.05) is 17.7 Å². The highest BCUT2D eigenvalue weighted by Gasteiger charge is 2.41. The van der Waals surface area contributed by atoms with Crippen molar-refractivity contribution in [2.75, 3.05) is 13.7 Å². The summed E-state index contributed by atoms with van der Waals surface area (Å²) in [7, 11) is -3.49. The van der Waals surface area contributed by atoms with Crippen molar-refractivity contribution in [2.24, 2.45) is 0 Å². The summed E-state index contributed by atoms with van der Waals surface area (Å²) in [5.74, 6) is -1.51. The number of hydrogen-bond acceptors (Lipinski definition) is 11.